The van der Waals surface area contributed by atoms with Crippen molar-refractivity contribution in [2.75, 3.05) is 19.8 Å². The zero-order chi connectivity index (χ0) is 12.1. The minimum atomic E-state index is 0.426. The van der Waals surface area contributed by atoms with Gasteiger partial charge in [0.15, 0.2) is 0 Å². The van der Waals surface area contributed by atoms with Gasteiger partial charge in [0.25, 0.3) is 0 Å². The highest BCUT2D eigenvalue weighted by molar-refractivity contribution is 4.94. The summed E-state index contributed by atoms with van der Waals surface area (Å²) >= 11 is 0. The number of rotatable bonds is 4. The molecule has 1 N–H and O–H groups in total. The van der Waals surface area contributed by atoms with Crippen molar-refractivity contribution in [1.82, 2.24) is 5.32 Å². The van der Waals surface area contributed by atoms with Crippen molar-refractivity contribution in [3.05, 3.63) is 0 Å². The van der Waals surface area contributed by atoms with Crippen LogP contribution < -0.4 is 5.32 Å². The standard InChI is InChI=1S/C15H29NO/c1-13(2)15(8-3-4-10-16-15)9-7-14-6-5-11-17-12-14/h13-14,16H,3-12H2,1-2H3. The Labute approximate surface area is 107 Å². The second-order valence-corrected chi connectivity index (χ2v) is 6.32. The molecular weight excluding hydrogens is 210 g/mol. The van der Waals surface area contributed by atoms with E-state index in [0.29, 0.717) is 5.54 Å². The van der Waals surface area contributed by atoms with Crippen molar-refractivity contribution in [3.8, 4) is 0 Å². The van der Waals surface area contributed by atoms with Gasteiger partial charge in [-0.15, -0.1) is 0 Å². The predicted molar refractivity (Wildman–Crippen MR) is 72.2 cm³/mol. The molecule has 0 saturated carbocycles. The van der Waals surface area contributed by atoms with Gasteiger partial charge in [-0.1, -0.05) is 20.3 Å². The molecule has 2 fully saturated rings. The van der Waals surface area contributed by atoms with Gasteiger partial charge in [0.05, 0.1) is 0 Å². The first-order valence-corrected chi connectivity index (χ1v) is 7.56. The fraction of sp³-hybridized carbons (Fsp3) is 1.00. The predicted octanol–water partition coefficient (Wildman–Crippen LogP) is 3.36. The summed E-state index contributed by atoms with van der Waals surface area (Å²) in [5.41, 5.74) is 0.426. The first-order chi connectivity index (χ1) is 8.23. The molecule has 17 heavy (non-hydrogen) atoms. The molecule has 100 valence electrons. The molecule has 0 aromatic heterocycles. The van der Waals surface area contributed by atoms with E-state index in [2.05, 4.69) is 19.2 Å². The Hall–Kier alpha value is -0.0800. The smallest absolute Gasteiger partial charge is 0.0494 e. The normalized spacial score (nSPS) is 35.1. The molecular formula is C15H29NO. The third-order valence-electron chi connectivity index (χ3n) is 4.89. The summed E-state index contributed by atoms with van der Waals surface area (Å²) in [4.78, 5) is 0. The van der Waals surface area contributed by atoms with Crippen LogP contribution in [0.1, 0.15) is 58.8 Å². The van der Waals surface area contributed by atoms with Crippen LogP contribution in [0.5, 0.6) is 0 Å². The second-order valence-electron chi connectivity index (χ2n) is 6.32. The minimum absolute atomic E-state index is 0.426. The van der Waals surface area contributed by atoms with Gasteiger partial charge in [-0.2, -0.15) is 0 Å². The van der Waals surface area contributed by atoms with Gasteiger partial charge < -0.3 is 10.1 Å². The largest absolute Gasteiger partial charge is 0.381 e. The lowest BCUT2D eigenvalue weighted by Crippen LogP contribution is -2.52. The summed E-state index contributed by atoms with van der Waals surface area (Å²) in [6.07, 6.45) is 9.50. The van der Waals surface area contributed by atoms with Crippen LogP contribution in [0.3, 0.4) is 0 Å². The van der Waals surface area contributed by atoms with Gasteiger partial charge >= 0.3 is 0 Å². The summed E-state index contributed by atoms with van der Waals surface area (Å²) in [5.74, 6) is 1.58. The van der Waals surface area contributed by atoms with Crippen molar-refractivity contribution < 1.29 is 4.74 Å². The van der Waals surface area contributed by atoms with Crippen LogP contribution in [-0.4, -0.2) is 25.3 Å². The van der Waals surface area contributed by atoms with Crippen LogP contribution in [-0.2, 0) is 4.74 Å². The molecule has 2 aliphatic rings. The Kier molecular flexibility index (Phi) is 4.87. The minimum Gasteiger partial charge on any atom is -0.381 e. The average Bonchev–Trinajstić information content (AvgIpc) is 2.38. The highest BCUT2D eigenvalue weighted by atomic mass is 16.5. The molecule has 2 nitrogen and oxygen atoms in total. The topological polar surface area (TPSA) is 21.3 Å². The summed E-state index contributed by atoms with van der Waals surface area (Å²) < 4.78 is 5.59. The Morgan fingerprint density at radius 3 is 2.76 bits per heavy atom. The molecule has 0 aromatic rings. The Balaban J connectivity index is 1.84. The van der Waals surface area contributed by atoms with E-state index in [-0.39, 0.29) is 0 Å². The Bertz CT molecular complexity index is 215. The fourth-order valence-corrected chi connectivity index (χ4v) is 3.48. The van der Waals surface area contributed by atoms with Crippen molar-refractivity contribution in [1.29, 1.82) is 0 Å². The van der Waals surface area contributed by atoms with Crippen LogP contribution in [0.4, 0.5) is 0 Å². The lowest BCUT2D eigenvalue weighted by atomic mass is 9.74. The average molecular weight is 239 g/mol. The Morgan fingerprint density at radius 2 is 2.18 bits per heavy atom. The van der Waals surface area contributed by atoms with Gasteiger partial charge in [0.1, 0.15) is 0 Å². The van der Waals surface area contributed by atoms with Gasteiger partial charge in [-0.25, -0.2) is 0 Å². The van der Waals surface area contributed by atoms with Crippen LogP contribution in [0, 0.1) is 11.8 Å². The molecule has 0 aliphatic carbocycles. The van der Waals surface area contributed by atoms with E-state index in [1.54, 1.807) is 0 Å². The molecule has 2 heterocycles. The summed E-state index contributed by atoms with van der Waals surface area (Å²) in [5, 5.41) is 3.83. The molecule has 2 aliphatic heterocycles. The zero-order valence-corrected chi connectivity index (χ0v) is 11.6. The third kappa shape index (κ3) is 3.45. The van der Waals surface area contributed by atoms with Gasteiger partial charge in [0, 0.05) is 18.8 Å². The highest BCUT2D eigenvalue weighted by Crippen LogP contribution is 2.34. The number of piperidine rings is 1. The van der Waals surface area contributed by atoms with Crippen LogP contribution in [0.2, 0.25) is 0 Å². The molecule has 2 unspecified atom stereocenters. The molecule has 2 rings (SSSR count). The highest BCUT2D eigenvalue weighted by Gasteiger charge is 2.35. The van der Waals surface area contributed by atoms with Crippen LogP contribution in [0.25, 0.3) is 0 Å². The number of hydrogen-bond acceptors (Lipinski definition) is 2. The van der Waals surface area contributed by atoms with Crippen molar-refractivity contribution >= 4 is 0 Å². The van der Waals surface area contributed by atoms with Gasteiger partial charge in [-0.05, 0) is 56.9 Å². The van der Waals surface area contributed by atoms with E-state index in [1.165, 1.54) is 51.5 Å². The molecule has 0 radical (unpaired) electrons. The SMILES string of the molecule is CC(C)C1(CCC2CCCOC2)CCCCN1. The van der Waals surface area contributed by atoms with Crippen LogP contribution >= 0.6 is 0 Å². The second kappa shape index (κ2) is 6.19. The van der Waals surface area contributed by atoms with E-state index in [9.17, 15) is 0 Å². The van der Waals surface area contributed by atoms with E-state index in [4.69, 9.17) is 4.74 Å². The lowest BCUT2D eigenvalue weighted by Gasteiger charge is -2.43. The number of nitrogens with one attached hydrogen (secondary N) is 1. The van der Waals surface area contributed by atoms with Crippen molar-refractivity contribution in [2.24, 2.45) is 11.8 Å². The molecule has 2 saturated heterocycles. The van der Waals surface area contributed by atoms with E-state index in [1.807, 2.05) is 0 Å². The van der Waals surface area contributed by atoms with Crippen LogP contribution in [0.15, 0.2) is 0 Å². The van der Waals surface area contributed by atoms with Crippen molar-refractivity contribution in [3.63, 3.8) is 0 Å². The van der Waals surface area contributed by atoms with E-state index >= 15 is 0 Å². The molecule has 2 atom stereocenters. The monoisotopic (exact) mass is 239 g/mol. The Morgan fingerprint density at radius 1 is 1.29 bits per heavy atom. The number of ether oxygens (including phenoxy) is 1. The first-order valence-electron chi connectivity index (χ1n) is 7.56. The van der Waals surface area contributed by atoms with Gasteiger partial charge in [-0.3, -0.25) is 0 Å². The summed E-state index contributed by atoms with van der Waals surface area (Å²) in [6.45, 7) is 7.99. The molecule has 0 amide bonds. The third-order valence-corrected chi connectivity index (χ3v) is 4.89. The summed E-state index contributed by atoms with van der Waals surface area (Å²) in [7, 11) is 0. The first kappa shape index (κ1) is 13.4. The maximum absolute atomic E-state index is 5.59. The quantitative estimate of drug-likeness (QED) is 0.812. The summed E-state index contributed by atoms with van der Waals surface area (Å²) in [6, 6.07) is 0. The molecule has 2 heteroatoms. The maximum atomic E-state index is 5.59. The molecule has 0 bridgehead atoms. The fourth-order valence-electron chi connectivity index (χ4n) is 3.48. The number of hydrogen-bond donors (Lipinski definition) is 1. The molecule has 0 aromatic carbocycles. The van der Waals surface area contributed by atoms with Crippen molar-refractivity contribution in [2.45, 2.75) is 64.3 Å². The van der Waals surface area contributed by atoms with E-state index in [0.717, 1.165) is 25.0 Å². The molecule has 0 spiro atoms. The maximum Gasteiger partial charge on any atom is 0.0494 e. The van der Waals surface area contributed by atoms with E-state index < -0.39 is 0 Å². The zero-order valence-electron chi connectivity index (χ0n) is 11.6. The van der Waals surface area contributed by atoms with Gasteiger partial charge in [0.2, 0.25) is 0 Å². The lowest BCUT2D eigenvalue weighted by molar-refractivity contribution is 0.0431.